The first-order valence-electron chi connectivity index (χ1n) is 23.1. The Labute approximate surface area is 402 Å². The first kappa shape index (κ1) is 52.0. The number of anilines is 1. The van der Waals surface area contributed by atoms with Crippen molar-refractivity contribution in [2.24, 2.45) is 29.6 Å². The number of methoxy groups -OCH3 is 1. The van der Waals surface area contributed by atoms with Crippen LogP contribution in [-0.2, 0) is 23.8 Å². The number of fused-ring (bicyclic) bond motifs is 2. The number of hydrogen-bond donors (Lipinski definition) is 3. The van der Waals surface area contributed by atoms with E-state index in [4.69, 9.17) is 33.1 Å². The molecule has 0 saturated carbocycles. The molecule has 368 valence electrons. The number of allylic oxidation sites excluding steroid dienone is 2. The minimum Gasteiger partial charge on any atom is -0.507 e. The van der Waals surface area contributed by atoms with Crippen LogP contribution in [0.5, 0.6) is 17.2 Å². The Morgan fingerprint density at radius 1 is 1.01 bits per heavy atom. The van der Waals surface area contributed by atoms with Gasteiger partial charge >= 0.3 is 11.8 Å². The van der Waals surface area contributed by atoms with Crippen molar-refractivity contribution in [2.75, 3.05) is 45.9 Å². The number of aliphatic hydroxyl groups excluding tert-OH is 1. The molecular formula is C52H68N3O12S+. The molecule has 1 amide bonds. The number of phenols is 1. The van der Waals surface area contributed by atoms with E-state index in [1.807, 2.05) is 46.9 Å². The lowest BCUT2D eigenvalue weighted by atomic mass is 9.73. The maximum absolute atomic E-state index is 14.9. The quantitative estimate of drug-likeness (QED) is 0.0499. The number of carbonyl (C=O) groups is 3. The van der Waals surface area contributed by atoms with Crippen LogP contribution >= 0.6 is 11.8 Å². The molecule has 2 aromatic carbocycles. The number of rotatable bonds is 8. The maximum atomic E-state index is 14.9. The number of hydrogen-bond acceptors (Lipinski definition) is 14. The van der Waals surface area contributed by atoms with Gasteiger partial charge in [-0.3, -0.25) is 19.2 Å². The fourth-order valence-corrected chi connectivity index (χ4v) is 9.54. The molecule has 4 aliphatic rings. The molecule has 3 aliphatic heterocycles. The van der Waals surface area contributed by atoms with Gasteiger partial charge in [0.15, 0.2) is 11.3 Å². The van der Waals surface area contributed by atoms with Crippen molar-refractivity contribution in [1.82, 2.24) is 4.98 Å². The number of nitrogens with one attached hydrogen (secondary N) is 1. The molecule has 0 spiro atoms. The number of ether oxygens (including phenoxy) is 5. The molecule has 0 saturated heterocycles. The number of phenolic OH excluding ortho intramolecular Hbond substituents is 1. The summed E-state index contributed by atoms with van der Waals surface area (Å²) in [6, 6.07) is 3.88. The molecule has 6 rings (SSSR count). The standard InChI is InChI=1S/C52H67N3O12S/c1-25(2)55(12,13)20-22-63-34-23-36-41(37(24-34)68-15)53-42-38-39-45(58)32(9)48-40(38)50(60)52(11,67-48)64-21-19-35(62-14)31(8)47(65-33(10)56)30(7)28(5)29(6)44(57)26(3)17-16-18-27(4)51(61)54-43(46(39)59)49(42)66-36/h16-19,21,23-26,28-31,35,44,47,57H,20,22H2,1-15H3,(H-,53,54,58,59,60,61)/p+1/b17-16+,21-19+,27-18-/t26-,28+,29-,30+,31+,35-,44-,47-,52-/m0/s1. The number of ketones is 1. The SMILES string of the molecule is CO[C@H]1/C=C/O[C@@]2(C)Oc3c(C)c(O)c4c(=O)c(c5oc6cc(OCC[N+](C)(C)C(C)C)cc(SC)c6nc-5c4c3C2=O)NC(=O)/C(C)=C\C=C\[C@H](C)[C@H](O)[C@@H](C)[C@@H](C)[C@@H](C)[C@H](OC(C)=O)[C@@H]1C. The predicted octanol–water partition coefficient (Wildman–Crippen LogP) is 8.81. The minimum atomic E-state index is -2.01. The summed E-state index contributed by atoms with van der Waals surface area (Å²) >= 11 is 1.39. The number of Topliss-reactive ketones (excluding diaryl/α,β-unsaturated/α-hetero) is 1. The number of nitrogens with zero attached hydrogens (tertiary/aromatic N) is 2. The van der Waals surface area contributed by atoms with Crippen molar-refractivity contribution in [3.63, 3.8) is 0 Å². The van der Waals surface area contributed by atoms with Crippen molar-refractivity contribution in [1.29, 1.82) is 0 Å². The molecule has 2 aromatic rings. The summed E-state index contributed by atoms with van der Waals surface area (Å²) in [6.07, 6.45) is 7.64. The number of thioether (sulfide) groups is 1. The summed E-state index contributed by atoms with van der Waals surface area (Å²) in [5.41, 5.74) is -0.274. The maximum Gasteiger partial charge on any atom is 0.312 e. The number of benzene rings is 3. The van der Waals surface area contributed by atoms with E-state index >= 15 is 0 Å². The van der Waals surface area contributed by atoms with E-state index in [1.54, 1.807) is 37.3 Å². The minimum absolute atomic E-state index is 0.00620. The summed E-state index contributed by atoms with van der Waals surface area (Å²) in [6.45, 7) is 21.0. The first-order chi connectivity index (χ1) is 31.9. The number of esters is 1. The zero-order chi connectivity index (χ0) is 50.3. The molecule has 4 bridgehead atoms. The van der Waals surface area contributed by atoms with E-state index in [-0.39, 0.29) is 79.6 Å². The lowest BCUT2D eigenvalue weighted by Gasteiger charge is -2.39. The van der Waals surface area contributed by atoms with Gasteiger partial charge in [-0.25, -0.2) is 4.98 Å². The third-order valence-electron chi connectivity index (χ3n) is 14.5. The van der Waals surface area contributed by atoms with Crippen molar-refractivity contribution in [2.45, 2.75) is 111 Å². The number of aliphatic hydroxyl groups is 1. The van der Waals surface area contributed by atoms with Gasteiger partial charge in [0.2, 0.25) is 5.43 Å². The first-order valence-corrected chi connectivity index (χ1v) is 24.4. The Kier molecular flexibility index (Phi) is 15.5. The number of carbonyl (C=O) groups excluding carboxylic acids is 3. The molecule has 3 heterocycles. The third kappa shape index (κ3) is 9.87. The van der Waals surface area contributed by atoms with Crippen LogP contribution in [0, 0.1) is 36.5 Å². The summed E-state index contributed by atoms with van der Waals surface area (Å²) in [5.74, 6) is -5.43. The Hall–Kier alpha value is -5.42. The van der Waals surface area contributed by atoms with E-state index in [9.17, 15) is 29.4 Å². The molecule has 9 atom stereocenters. The highest BCUT2D eigenvalue weighted by molar-refractivity contribution is 7.98. The zero-order valence-corrected chi connectivity index (χ0v) is 42.7. The molecule has 0 fully saturated rings. The van der Waals surface area contributed by atoms with Crippen molar-refractivity contribution in [3.8, 4) is 28.7 Å². The normalized spacial score (nSPS) is 28.0. The molecule has 0 radical (unpaired) electrons. The van der Waals surface area contributed by atoms with Gasteiger partial charge in [-0.15, -0.1) is 11.8 Å². The zero-order valence-electron chi connectivity index (χ0n) is 41.9. The summed E-state index contributed by atoms with van der Waals surface area (Å²) < 4.78 is 38.0. The van der Waals surface area contributed by atoms with Gasteiger partial charge in [0.05, 0.1) is 49.6 Å². The number of quaternary nitrogens is 1. The van der Waals surface area contributed by atoms with Gasteiger partial charge in [0.1, 0.15) is 53.4 Å². The highest BCUT2D eigenvalue weighted by Gasteiger charge is 2.50. The fourth-order valence-electron chi connectivity index (χ4n) is 8.96. The predicted molar refractivity (Wildman–Crippen MR) is 263 cm³/mol. The average molecular weight is 959 g/mol. The lowest BCUT2D eigenvalue weighted by Crippen LogP contribution is -2.48. The van der Waals surface area contributed by atoms with E-state index in [1.165, 1.54) is 45.9 Å². The Morgan fingerprint density at radius 3 is 2.34 bits per heavy atom. The van der Waals surface area contributed by atoms with Crippen LogP contribution in [0.4, 0.5) is 5.69 Å². The van der Waals surface area contributed by atoms with Gasteiger partial charge in [-0.2, -0.15) is 0 Å². The van der Waals surface area contributed by atoms with Crippen LogP contribution in [0.3, 0.4) is 0 Å². The molecule has 16 heteroatoms. The molecular weight excluding hydrogens is 891 g/mol. The van der Waals surface area contributed by atoms with Crippen molar-refractivity contribution < 1.29 is 57.2 Å². The molecule has 3 N–H and O–H groups in total. The van der Waals surface area contributed by atoms with Gasteiger partial charge in [-0.1, -0.05) is 52.8 Å². The van der Waals surface area contributed by atoms with E-state index < -0.39 is 58.9 Å². The van der Waals surface area contributed by atoms with Gasteiger partial charge < -0.3 is 48.1 Å². The largest absolute Gasteiger partial charge is 0.507 e. The van der Waals surface area contributed by atoms with Gasteiger partial charge in [0, 0.05) is 60.3 Å². The van der Waals surface area contributed by atoms with Crippen LogP contribution in [0.1, 0.15) is 85.2 Å². The summed E-state index contributed by atoms with van der Waals surface area (Å²) in [5, 5.41) is 26.0. The molecule has 68 heavy (non-hydrogen) atoms. The lowest BCUT2D eigenvalue weighted by molar-refractivity contribution is -0.911. The second kappa shape index (κ2) is 20.3. The van der Waals surface area contributed by atoms with E-state index in [0.717, 1.165) is 11.0 Å². The van der Waals surface area contributed by atoms with Crippen LogP contribution in [-0.4, -0.2) is 108 Å². The Balaban J connectivity index is 1.60. The summed E-state index contributed by atoms with van der Waals surface area (Å²) in [4.78, 5) is 62.2. The fraction of sp³-hybridized carbons (Fsp3) is 0.519. The Bertz CT molecular complexity index is 2720. The third-order valence-corrected chi connectivity index (χ3v) is 15.3. The number of amides is 1. The monoisotopic (exact) mass is 958 g/mol. The molecule has 0 unspecified atom stereocenters. The molecule has 15 nitrogen and oxygen atoms in total. The van der Waals surface area contributed by atoms with Crippen molar-refractivity contribution in [3.05, 3.63) is 69.6 Å². The van der Waals surface area contributed by atoms with Gasteiger partial charge in [-0.05, 0) is 63.8 Å². The number of aromatic hydroxyl groups is 1. The smallest absolute Gasteiger partial charge is 0.312 e. The van der Waals surface area contributed by atoms with Crippen LogP contribution in [0.15, 0.2) is 62.4 Å². The second-order valence-corrected chi connectivity index (χ2v) is 20.4. The van der Waals surface area contributed by atoms with E-state index in [0.29, 0.717) is 28.8 Å². The topological polar surface area (TPSA) is 193 Å². The van der Waals surface area contributed by atoms with Crippen molar-refractivity contribution >= 4 is 57.0 Å². The number of aromatic nitrogens is 1. The Morgan fingerprint density at radius 2 is 1.71 bits per heavy atom. The summed E-state index contributed by atoms with van der Waals surface area (Å²) in [7, 11) is 5.77. The van der Waals surface area contributed by atoms with Crippen LogP contribution in [0.2, 0.25) is 0 Å². The second-order valence-electron chi connectivity index (χ2n) is 19.5. The highest BCUT2D eigenvalue weighted by Crippen LogP contribution is 2.51. The van der Waals surface area contributed by atoms with Crippen LogP contribution in [0.25, 0.3) is 33.3 Å². The average Bonchev–Trinajstić information content (AvgIpc) is 3.55. The van der Waals surface area contributed by atoms with Gasteiger partial charge in [0.25, 0.3) is 11.7 Å². The molecule has 1 aliphatic carbocycles. The number of likely N-dealkylation sites (N-methyl/N-ethyl adjacent to an activating group) is 1. The molecule has 0 aromatic heterocycles. The highest BCUT2D eigenvalue weighted by atomic mass is 32.2. The van der Waals surface area contributed by atoms with Crippen LogP contribution < -0.4 is 20.2 Å². The van der Waals surface area contributed by atoms with E-state index in [2.05, 4.69) is 33.3 Å².